The van der Waals surface area contributed by atoms with Crippen LogP contribution in [0, 0.1) is 6.92 Å². The molecule has 6 nitrogen and oxygen atoms in total. The Balaban J connectivity index is 2.14. The van der Waals surface area contributed by atoms with Gasteiger partial charge in [0.15, 0.2) is 0 Å². The fourth-order valence-electron chi connectivity index (χ4n) is 2.46. The van der Waals surface area contributed by atoms with E-state index < -0.39 is 0 Å². The van der Waals surface area contributed by atoms with Crippen LogP contribution < -0.4 is 16.0 Å². The van der Waals surface area contributed by atoms with Gasteiger partial charge in [-0.2, -0.15) is 5.10 Å². The van der Waals surface area contributed by atoms with E-state index in [1.807, 2.05) is 18.2 Å². The summed E-state index contributed by atoms with van der Waals surface area (Å²) in [5, 5.41) is 7.04. The first-order valence-corrected chi connectivity index (χ1v) is 8.86. The lowest BCUT2D eigenvalue weighted by Gasteiger charge is -2.10. The summed E-state index contributed by atoms with van der Waals surface area (Å²) in [6.45, 7) is 4.66. The van der Waals surface area contributed by atoms with Gasteiger partial charge in [0, 0.05) is 11.3 Å². The highest BCUT2D eigenvalue weighted by atomic mass is 79.9. The third-order valence-corrected chi connectivity index (χ3v) is 4.39. The van der Waals surface area contributed by atoms with Crippen molar-refractivity contribution in [1.29, 1.82) is 0 Å². The van der Waals surface area contributed by atoms with Crippen LogP contribution in [0.25, 0.3) is 11.3 Å². The van der Waals surface area contributed by atoms with E-state index in [4.69, 9.17) is 10.6 Å². The molecule has 0 atom stereocenters. The molecule has 2 rings (SSSR count). The van der Waals surface area contributed by atoms with E-state index in [1.165, 1.54) is 19.3 Å². The number of carbonyl (C=O) groups is 1. The molecule has 1 amide bonds. The fraction of sp³-hybridized carbons (Fsp3) is 0.412. The number of hydrogen-bond acceptors (Lipinski definition) is 4. The maximum Gasteiger partial charge on any atom is 0.269 e. The Bertz CT molecular complexity index is 700. The summed E-state index contributed by atoms with van der Waals surface area (Å²) in [6.07, 6.45) is 4.66. The number of halogens is 1. The summed E-state index contributed by atoms with van der Waals surface area (Å²) in [5.41, 5.74) is 4.63. The number of hydrogen-bond donors (Lipinski definition) is 3. The molecule has 0 unspecified atom stereocenters. The number of nitrogens with zero attached hydrogens (tertiary/aromatic N) is 1. The Morgan fingerprint density at radius 2 is 2.17 bits per heavy atom. The first-order valence-electron chi connectivity index (χ1n) is 8.07. The molecule has 0 saturated carbocycles. The highest BCUT2D eigenvalue weighted by Crippen LogP contribution is 2.32. The average Bonchev–Trinajstić information content (AvgIpc) is 2.96. The molecule has 4 N–H and O–H groups in total. The van der Waals surface area contributed by atoms with Gasteiger partial charge in [-0.1, -0.05) is 26.2 Å². The minimum absolute atomic E-state index is 0.372. The van der Waals surface area contributed by atoms with Gasteiger partial charge in [0.05, 0.1) is 16.6 Å². The molecule has 0 aliphatic heterocycles. The summed E-state index contributed by atoms with van der Waals surface area (Å²) >= 11 is 3.52. The molecule has 0 fully saturated rings. The number of nitrogen functional groups attached to an aromatic ring is 1. The van der Waals surface area contributed by atoms with Crippen LogP contribution in [0.4, 0.5) is 0 Å². The molecule has 0 aliphatic rings. The summed E-state index contributed by atoms with van der Waals surface area (Å²) in [7, 11) is 0. The number of aromatic amines is 1. The topological polar surface area (TPSA) is 93.0 Å². The average molecular weight is 395 g/mol. The first-order chi connectivity index (χ1) is 11.6. The van der Waals surface area contributed by atoms with Gasteiger partial charge in [-0.15, -0.1) is 0 Å². The molecule has 0 saturated heterocycles. The summed E-state index contributed by atoms with van der Waals surface area (Å²) in [6, 6.07) is 5.66. The Kier molecular flexibility index (Phi) is 6.81. The molecule has 0 bridgehead atoms. The number of aromatic nitrogens is 2. The maximum atomic E-state index is 11.9. The molecule has 0 aliphatic carbocycles. The monoisotopic (exact) mass is 394 g/mol. The minimum atomic E-state index is -0.372. The second kappa shape index (κ2) is 8.84. The van der Waals surface area contributed by atoms with Crippen LogP contribution in [0.15, 0.2) is 22.7 Å². The molecular weight excluding hydrogens is 372 g/mol. The fourth-order valence-corrected chi connectivity index (χ4v) is 2.96. The number of rotatable bonds is 8. The van der Waals surface area contributed by atoms with Gasteiger partial charge >= 0.3 is 0 Å². The van der Waals surface area contributed by atoms with Crippen molar-refractivity contribution < 1.29 is 9.53 Å². The zero-order valence-electron chi connectivity index (χ0n) is 14.0. The van der Waals surface area contributed by atoms with E-state index in [0.29, 0.717) is 23.6 Å². The van der Waals surface area contributed by atoms with Crippen LogP contribution in [0.3, 0.4) is 0 Å². The maximum absolute atomic E-state index is 11.9. The van der Waals surface area contributed by atoms with E-state index in [1.54, 1.807) is 6.92 Å². The summed E-state index contributed by atoms with van der Waals surface area (Å²) in [4.78, 5) is 11.9. The predicted octanol–water partition coefficient (Wildman–Crippen LogP) is 3.71. The molecule has 1 aromatic heterocycles. The van der Waals surface area contributed by atoms with E-state index in [9.17, 15) is 4.79 Å². The molecule has 0 radical (unpaired) electrons. The molecule has 7 heteroatoms. The number of aryl methyl sites for hydroxylation is 1. The second-order valence-electron chi connectivity index (χ2n) is 5.60. The van der Waals surface area contributed by atoms with E-state index in [2.05, 4.69) is 38.5 Å². The zero-order valence-corrected chi connectivity index (χ0v) is 15.6. The van der Waals surface area contributed by atoms with Crippen molar-refractivity contribution in [2.75, 3.05) is 6.61 Å². The predicted molar refractivity (Wildman–Crippen MR) is 97.8 cm³/mol. The number of amides is 1. The van der Waals surface area contributed by atoms with Crippen LogP contribution >= 0.6 is 15.9 Å². The molecule has 130 valence electrons. The number of hydrazine groups is 1. The molecule has 1 heterocycles. The lowest BCUT2D eigenvalue weighted by molar-refractivity contribution is 0.0954. The van der Waals surface area contributed by atoms with Crippen molar-refractivity contribution in [2.24, 2.45) is 5.84 Å². The van der Waals surface area contributed by atoms with Gasteiger partial charge in [-0.3, -0.25) is 15.3 Å². The normalized spacial score (nSPS) is 10.7. The van der Waals surface area contributed by atoms with Crippen molar-refractivity contribution in [3.8, 4) is 17.0 Å². The van der Waals surface area contributed by atoms with E-state index >= 15 is 0 Å². The molecule has 1 aromatic carbocycles. The largest absolute Gasteiger partial charge is 0.492 e. The smallest absolute Gasteiger partial charge is 0.269 e. The van der Waals surface area contributed by atoms with Crippen LogP contribution in [0.1, 0.15) is 48.7 Å². The molecule has 24 heavy (non-hydrogen) atoms. The number of benzene rings is 1. The lowest BCUT2D eigenvalue weighted by atomic mass is 10.1. The van der Waals surface area contributed by atoms with Crippen molar-refractivity contribution in [2.45, 2.75) is 39.5 Å². The van der Waals surface area contributed by atoms with Crippen molar-refractivity contribution in [3.05, 3.63) is 33.9 Å². The van der Waals surface area contributed by atoms with Crippen molar-refractivity contribution in [1.82, 2.24) is 15.6 Å². The number of H-pyrrole nitrogens is 1. The quantitative estimate of drug-likeness (QED) is 0.275. The summed E-state index contributed by atoms with van der Waals surface area (Å²) in [5.74, 6) is 5.67. The Morgan fingerprint density at radius 3 is 2.83 bits per heavy atom. The third-order valence-electron chi connectivity index (χ3n) is 3.77. The Labute approximate surface area is 150 Å². The van der Waals surface area contributed by atoms with Gasteiger partial charge in [0.1, 0.15) is 11.4 Å². The summed E-state index contributed by atoms with van der Waals surface area (Å²) < 4.78 is 6.63. The Hall–Kier alpha value is -1.86. The van der Waals surface area contributed by atoms with Gasteiger partial charge in [-0.05, 0) is 47.5 Å². The van der Waals surface area contributed by atoms with Crippen LogP contribution in [-0.4, -0.2) is 22.7 Å². The first kappa shape index (κ1) is 18.5. The minimum Gasteiger partial charge on any atom is -0.492 e. The SMILES string of the molecule is CCCCCCOc1ccc(-c2n[nH]c(C)c2C(=O)NN)cc1Br. The van der Waals surface area contributed by atoms with Gasteiger partial charge in [0.2, 0.25) is 0 Å². The van der Waals surface area contributed by atoms with E-state index in [-0.39, 0.29) is 5.91 Å². The number of ether oxygens (including phenoxy) is 1. The molecular formula is C17H23BrN4O2. The Morgan fingerprint density at radius 1 is 1.38 bits per heavy atom. The van der Waals surface area contributed by atoms with Crippen molar-refractivity contribution in [3.63, 3.8) is 0 Å². The highest BCUT2D eigenvalue weighted by molar-refractivity contribution is 9.10. The van der Waals surface area contributed by atoms with Crippen molar-refractivity contribution >= 4 is 21.8 Å². The number of carbonyl (C=O) groups excluding carboxylic acids is 1. The van der Waals surface area contributed by atoms with Crippen LogP contribution in [0.2, 0.25) is 0 Å². The van der Waals surface area contributed by atoms with Crippen LogP contribution in [0.5, 0.6) is 5.75 Å². The standard InChI is InChI=1S/C17H23BrN4O2/c1-3-4-5-6-9-24-14-8-7-12(10-13(14)18)16-15(17(23)20-19)11(2)21-22-16/h7-8,10H,3-6,9,19H2,1-2H3,(H,20,23)(H,21,22). The number of nitrogens with two attached hydrogens (primary N) is 1. The van der Waals surface area contributed by atoms with Gasteiger partial charge in [-0.25, -0.2) is 5.84 Å². The number of unbranched alkanes of at least 4 members (excludes halogenated alkanes) is 3. The zero-order chi connectivity index (χ0) is 17.5. The molecule has 2 aromatic rings. The van der Waals surface area contributed by atoms with Gasteiger partial charge < -0.3 is 4.74 Å². The molecule has 0 spiro atoms. The lowest BCUT2D eigenvalue weighted by Crippen LogP contribution is -2.30. The number of nitrogens with one attached hydrogen (secondary N) is 2. The van der Waals surface area contributed by atoms with Crippen LogP contribution in [-0.2, 0) is 0 Å². The third kappa shape index (κ3) is 4.36. The van der Waals surface area contributed by atoms with Gasteiger partial charge in [0.25, 0.3) is 5.91 Å². The highest BCUT2D eigenvalue weighted by Gasteiger charge is 2.19. The van der Waals surface area contributed by atoms with E-state index in [0.717, 1.165) is 22.2 Å². The second-order valence-corrected chi connectivity index (χ2v) is 6.45.